The van der Waals surface area contributed by atoms with Gasteiger partial charge in [-0.3, -0.25) is 0 Å². The number of carboxylic acid groups (broad SMARTS) is 1. The van der Waals surface area contributed by atoms with Crippen molar-refractivity contribution in [3.8, 4) is 12.1 Å². The Morgan fingerprint density at radius 2 is 1.89 bits per heavy atom. The van der Waals surface area contributed by atoms with Gasteiger partial charge in [0.05, 0.1) is 17.9 Å². The van der Waals surface area contributed by atoms with E-state index in [1.807, 2.05) is 0 Å². The first kappa shape index (κ1) is 16.3. The average molecular weight is 280 g/mol. The van der Waals surface area contributed by atoms with Crippen LogP contribution in [0.25, 0.3) is 0 Å². The molecule has 0 aliphatic rings. The van der Waals surface area contributed by atoms with Crippen molar-refractivity contribution in [2.45, 2.75) is 24.5 Å². The van der Waals surface area contributed by atoms with Gasteiger partial charge < -0.3 is 5.11 Å². The number of hydrogen-bond acceptors (Lipinski definition) is 5. The molecule has 0 radical (unpaired) electrons. The van der Waals surface area contributed by atoms with Crippen LogP contribution in [0.4, 0.5) is 8.78 Å². The normalized spacial score (nSPS) is 15.2. The molecule has 0 aliphatic heterocycles. The van der Waals surface area contributed by atoms with E-state index in [9.17, 15) is 22.0 Å². The molecule has 0 spiro atoms. The molecule has 0 aliphatic carbocycles. The lowest BCUT2D eigenvalue weighted by Crippen LogP contribution is -2.41. The zero-order valence-electron chi connectivity index (χ0n) is 9.30. The van der Waals surface area contributed by atoms with Gasteiger partial charge in [0.1, 0.15) is 11.2 Å². The van der Waals surface area contributed by atoms with E-state index in [0.29, 0.717) is 0 Å². The molecule has 6 nitrogen and oxygen atoms in total. The molecule has 2 atom stereocenters. The minimum Gasteiger partial charge on any atom is -0.477 e. The predicted molar refractivity (Wildman–Crippen MR) is 55.2 cm³/mol. The Morgan fingerprint density at radius 3 is 2.17 bits per heavy atom. The van der Waals surface area contributed by atoms with Crippen LogP contribution in [0.2, 0.25) is 0 Å². The zero-order chi connectivity index (χ0) is 14.6. The number of halogens is 2. The number of rotatable bonds is 6. The molecule has 0 bridgehead atoms. The molecular formula is C9H10F2N2O4S. The van der Waals surface area contributed by atoms with Crippen molar-refractivity contribution in [3.63, 3.8) is 0 Å². The maximum absolute atomic E-state index is 13.0. The second-order valence-corrected chi connectivity index (χ2v) is 5.69. The summed E-state index contributed by atoms with van der Waals surface area (Å²) in [5.74, 6) is -10.9. The van der Waals surface area contributed by atoms with Gasteiger partial charge >= 0.3 is 11.9 Å². The minimum atomic E-state index is -4.48. The highest BCUT2D eigenvalue weighted by Gasteiger charge is 2.50. The number of hydrogen-bond donors (Lipinski definition) is 1. The third-order valence-corrected chi connectivity index (χ3v) is 4.33. The van der Waals surface area contributed by atoms with Gasteiger partial charge in [-0.25, -0.2) is 13.2 Å². The van der Waals surface area contributed by atoms with E-state index in [1.54, 1.807) is 0 Å². The lowest BCUT2D eigenvalue weighted by Gasteiger charge is -2.18. The van der Waals surface area contributed by atoms with Gasteiger partial charge in [-0.05, 0) is 6.42 Å². The molecule has 18 heavy (non-hydrogen) atoms. The molecule has 0 aromatic heterocycles. The van der Waals surface area contributed by atoms with Gasteiger partial charge in [0.25, 0.3) is 0 Å². The number of nitriles is 2. The van der Waals surface area contributed by atoms with Crippen molar-refractivity contribution in [1.82, 2.24) is 0 Å². The molecule has 0 saturated heterocycles. The summed E-state index contributed by atoms with van der Waals surface area (Å²) in [6.45, 7) is 1.36. The van der Waals surface area contributed by atoms with Crippen molar-refractivity contribution in [2.75, 3.05) is 5.75 Å². The third-order valence-electron chi connectivity index (χ3n) is 2.23. The molecule has 0 amide bonds. The Bertz CT molecular complexity index is 504. The summed E-state index contributed by atoms with van der Waals surface area (Å²) >= 11 is 0. The first-order valence-corrected chi connectivity index (χ1v) is 6.47. The lowest BCUT2D eigenvalue weighted by atomic mass is 10.1. The minimum absolute atomic E-state index is 0.129. The number of nitrogens with zero attached hydrogens (tertiary/aromatic N) is 2. The van der Waals surface area contributed by atoms with Gasteiger partial charge in [0.2, 0.25) is 0 Å². The SMILES string of the molecule is CCC(C#N)S(=O)(=O)CC(C#N)C(F)(F)C(=O)O. The summed E-state index contributed by atoms with van der Waals surface area (Å²) in [6.07, 6.45) is -0.129. The fourth-order valence-corrected chi connectivity index (χ4v) is 2.80. The van der Waals surface area contributed by atoms with Crippen molar-refractivity contribution in [2.24, 2.45) is 5.92 Å². The summed E-state index contributed by atoms with van der Waals surface area (Å²) in [5, 5.41) is 23.7. The van der Waals surface area contributed by atoms with Crippen LogP contribution < -0.4 is 0 Å². The topological polar surface area (TPSA) is 119 Å². The standard InChI is InChI=1S/C9H10F2N2O4S/c1-2-7(4-13)18(16,17)5-6(3-12)9(10,11)8(14)15/h6-7H,2,5H2,1H3,(H,14,15). The number of carboxylic acids is 1. The van der Waals surface area contributed by atoms with Crippen LogP contribution in [0, 0.1) is 28.6 Å². The van der Waals surface area contributed by atoms with E-state index in [1.165, 1.54) is 13.0 Å². The van der Waals surface area contributed by atoms with Crippen LogP contribution in [0.5, 0.6) is 0 Å². The lowest BCUT2D eigenvalue weighted by molar-refractivity contribution is -0.169. The molecule has 100 valence electrons. The highest BCUT2D eigenvalue weighted by Crippen LogP contribution is 2.27. The van der Waals surface area contributed by atoms with Crippen LogP contribution >= 0.6 is 0 Å². The second kappa shape index (κ2) is 5.74. The summed E-state index contributed by atoms with van der Waals surface area (Å²) in [5.41, 5.74) is 0. The smallest absolute Gasteiger partial charge is 0.376 e. The van der Waals surface area contributed by atoms with Crippen LogP contribution in [-0.4, -0.2) is 36.4 Å². The summed E-state index contributed by atoms with van der Waals surface area (Å²) in [4.78, 5) is 10.3. The molecule has 2 unspecified atom stereocenters. The van der Waals surface area contributed by atoms with Gasteiger partial charge in [-0.1, -0.05) is 6.92 Å². The Balaban J connectivity index is 5.27. The average Bonchev–Trinajstić information content (AvgIpc) is 2.26. The fourth-order valence-electron chi connectivity index (χ4n) is 1.15. The highest BCUT2D eigenvalue weighted by atomic mass is 32.2. The van der Waals surface area contributed by atoms with Gasteiger partial charge in [0.15, 0.2) is 9.84 Å². The molecule has 0 rings (SSSR count). The second-order valence-electron chi connectivity index (χ2n) is 3.47. The van der Waals surface area contributed by atoms with E-state index < -0.39 is 38.6 Å². The van der Waals surface area contributed by atoms with Gasteiger partial charge in [-0.2, -0.15) is 19.3 Å². The van der Waals surface area contributed by atoms with Crippen LogP contribution in [0.3, 0.4) is 0 Å². The molecular weight excluding hydrogens is 270 g/mol. The Hall–Kier alpha value is -1.74. The molecule has 0 aromatic rings. The maximum atomic E-state index is 13.0. The molecule has 0 saturated carbocycles. The van der Waals surface area contributed by atoms with Crippen molar-refractivity contribution < 1.29 is 27.1 Å². The van der Waals surface area contributed by atoms with Crippen molar-refractivity contribution >= 4 is 15.8 Å². The van der Waals surface area contributed by atoms with E-state index in [0.717, 1.165) is 6.07 Å². The quantitative estimate of drug-likeness (QED) is 0.759. The molecule has 0 heterocycles. The Labute approximate surface area is 102 Å². The summed E-state index contributed by atoms with van der Waals surface area (Å²) in [6, 6.07) is 2.38. The van der Waals surface area contributed by atoms with Crippen molar-refractivity contribution in [1.29, 1.82) is 10.5 Å². The predicted octanol–water partition coefficient (Wildman–Crippen LogP) is 0.563. The van der Waals surface area contributed by atoms with Gasteiger partial charge in [-0.15, -0.1) is 0 Å². The Morgan fingerprint density at radius 1 is 1.39 bits per heavy atom. The van der Waals surface area contributed by atoms with Crippen molar-refractivity contribution in [3.05, 3.63) is 0 Å². The third kappa shape index (κ3) is 3.37. The maximum Gasteiger partial charge on any atom is 0.376 e. The zero-order valence-corrected chi connectivity index (χ0v) is 10.1. The monoisotopic (exact) mass is 280 g/mol. The van der Waals surface area contributed by atoms with Crippen LogP contribution in [-0.2, 0) is 14.6 Å². The summed E-state index contributed by atoms with van der Waals surface area (Å²) < 4.78 is 49.1. The largest absolute Gasteiger partial charge is 0.477 e. The van der Waals surface area contributed by atoms with Crippen LogP contribution in [0.1, 0.15) is 13.3 Å². The summed E-state index contributed by atoms with van der Waals surface area (Å²) in [7, 11) is -4.28. The number of aliphatic carboxylic acids is 1. The highest BCUT2D eigenvalue weighted by molar-refractivity contribution is 7.92. The van der Waals surface area contributed by atoms with E-state index in [4.69, 9.17) is 15.6 Å². The first-order valence-electron chi connectivity index (χ1n) is 4.75. The molecule has 9 heteroatoms. The van der Waals surface area contributed by atoms with Gasteiger partial charge in [0, 0.05) is 0 Å². The molecule has 0 fully saturated rings. The van der Waals surface area contributed by atoms with E-state index >= 15 is 0 Å². The van der Waals surface area contributed by atoms with Crippen LogP contribution in [0.15, 0.2) is 0 Å². The first-order chi connectivity index (χ1) is 8.13. The molecule has 0 aromatic carbocycles. The van der Waals surface area contributed by atoms with E-state index in [-0.39, 0.29) is 6.42 Å². The number of sulfone groups is 1. The molecule has 1 N–H and O–H groups in total. The number of alkyl halides is 2. The van der Waals surface area contributed by atoms with E-state index in [2.05, 4.69) is 0 Å². The Kier molecular flexibility index (Phi) is 5.18. The fraction of sp³-hybridized carbons (Fsp3) is 0.667. The number of carbonyl (C=O) groups is 1.